The third-order valence-corrected chi connectivity index (χ3v) is 2.92. The van der Waals surface area contributed by atoms with Crippen molar-refractivity contribution >= 4 is 28.9 Å². The number of carbonyl (C=O) groups excluding carboxylic acids is 1. The Balaban J connectivity index is 2.20. The van der Waals surface area contributed by atoms with Crippen molar-refractivity contribution in [2.24, 2.45) is 0 Å². The van der Waals surface area contributed by atoms with Crippen LogP contribution in [-0.4, -0.2) is 16.1 Å². The van der Waals surface area contributed by atoms with Gasteiger partial charge in [0.1, 0.15) is 5.82 Å². The summed E-state index contributed by atoms with van der Waals surface area (Å²) in [6, 6.07) is 3.89. The molecule has 0 radical (unpaired) electrons. The van der Waals surface area contributed by atoms with E-state index < -0.39 is 11.7 Å². The van der Waals surface area contributed by atoms with Crippen molar-refractivity contribution in [3.8, 4) is 0 Å². The fourth-order valence-corrected chi connectivity index (χ4v) is 1.77. The van der Waals surface area contributed by atoms with Crippen molar-refractivity contribution in [1.29, 1.82) is 0 Å². The molecule has 2 rings (SSSR count). The van der Waals surface area contributed by atoms with E-state index in [0.29, 0.717) is 23.5 Å². The van der Waals surface area contributed by atoms with Gasteiger partial charge in [0.25, 0.3) is 5.91 Å². The molecule has 1 aromatic carbocycles. The van der Waals surface area contributed by atoms with E-state index in [0.717, 1.165) is 0 Å². The first-order valence-electron chi connectivity index (χ1n) is 5.62. The second-order valence-corrected chi connectivity index (χ2v) is 4.31. The Bertz CT molecular complexity index is 626. The number of H-pyrrole nitrogens is 1. The topological polar surface area (TPSA) is 83.8 Å². The van der Waals surface area contributed by atoms with Crippen LogP contribution < -0.4 is 11.1 Å². The average molecular weight is 283 g/mol. The molecule has 19 heavy (non-hydrogen) atoms. The van der Waals surface area contributed by atoms with Crippen LogP contribution >= 0.6 is 11.6 Å². The highest BCUT2D eigenvalue weighted by atomic mass is 35.5. The molecular formula is C12H12ClFN4O. The molecule has 0 aliphatic carbocycles. The third kappa shape index (κ3) is 2.68. The molecule has 0 aliphatic rings. The lowest BCUT2D eigenvalue weighted by molar-refractivity contribution is 0.102. The molecule has 0 spiro atoms. The molecule has 0 aliphatic heterocycles. The van der Waals surface area contributed by atoms with Gasteiger partial charge in [-0.25, -0.2) is 4.39 Å². The van der Waals surface area contributed by atoms with E-state index in [4.69, 9.17) is 17.3 Å². The maximum Gasteiger partial charge on any atom is 0.278 e. The summed E-state index contributed by atoms with van der Waals surface area (Å²) in [6.45, 7) is 1.89. The summed E-state index contributed by atoms with van der Waals surface area (Å²) in [6.07, 6.45) is 0.647. The van der Waals surface area contributed by atoms with Gasteiger partial charge < -0.3 is 11.1 Å². The predicted octanol–water partition coefficient (Wildman–Crippen LogP) is 2.60. The van der Waals surface area contributed by atoms with Gasteiger partial charge in [-0.3, -0.25) is 9.89 Å². The molecule has 7 heteroatoms. The number of carbonyl (C=O) groups is 1. The zero-order chi connectivity index (χ0) is 14.0. The number of aromatic amines is 1. The van der Waals surface area contributed by atoms with E-state index >= 15 is 0 Å². The quantitative estimate of drug-likeness (QED) is 0.809. The summed E-state index contributed by atoms with van der Waals surface area (Å²) < 4.78 is 13.0. The summed E-state index contributed by atoms with van der Waals surface area (Å²) in [5.41, 5.74) is 7.27. The van der Waals surface area contributed by atoms with Crippen LogP contribution in [0.3, 0.4) is 0 Å². The molecular weight excluding hydrogens is 271 g/mol. The molecule has 0 fully saturated rings. The monoisotopic (exact) mass is 282 g/mol. The van der Waals surface area contributed by atoms with Crippen molar-refractivity contribution in [1.82, 2.24) is 10.2 Å². The largest absolute Gasteiger partial charge is 0.395 e. The van der Waals surface area contributed by atoms with Crippen LogP contribution in [0.5, 0.6) is 0 Å². The lowest BCUT2D eigenvalue weighted by atomic mass is 10.2. The van der Waals surface area contributed by atoms with E-state index in [-0.39, 0.29) is 10.7 Å². The number of nitrogen functional groups attached to an aromatic ring is 1. The molecule has 0 unspecified atom stereocenters. The van der Waals surface area contributed by atoms with Gasteiger partial charge in [0.2, 0.25) is 0 Å². The molecule has 5 nitrogen and oxygen atoms in total. The summed E-state index contributed by atoms with van der Waals surface area (Å²) in [5, 5.41) is 9.03. The molecule has 1 aromatic heterocycles. The molecule has 100 valence electrons. The Kier molecular flexibility index (Phi) is 3.71. The molecule has 0 atom stereocenters. The minimum atomic E-state index is -0.549. The van der Waals surface area contributed by atoms with Crippen molar-refractivity contribution in [2.45, 2.75) is 13.3 Å². The van der Waals surface area contributed by atoms with Crippen LogP contribution in [0.15, 0.2) is 18.2 Å². The number of hydrogen-bond acceptors (Lipinski definition) is 3. The SMILES string of the molecule is CCc1[nH]nc(C(=O)Nc2ccc(F)c(Cl)c2)c1N. The fraction of sp³-hybridized carbons (Fsp3) is 0.167. The second-order valence-electron chi connectivity index (χ2n) is 3.90. The number of halogens is 2. The van der Waals surface area contributed by atoms with E-state index in [2.05, 4.69) is 15.5 Å². The van der Waals surface area contributed by atoms with Crippen molar-refractivity contribution in [3.05, 3.63) is 40.4 Å². The van der Waals surface area contributed by atoms with Crippen LogP contribution in [-0.2, 0) is 6.42 Å². The Morgan fingerprint density at radius 3 is 2.89 bits per heavy atom. The van der Waals surface area contributed by atoms with Crippen LogP contribution in [0.25, 0.3) is 0 Å². The third-order valence-electron chi connectivity index (χ3n) is 2.63. The summed E-state index contributed by atoms with van der Waals surface area (Å²) in [4.78, 5) is 11.9. The van der Waals surface area contributed by atoms with Gasteiger partial charge in [-0.1, -0.05) is 18.5 Å². The van der Waals surface area contributed by atoms with Gasteiger partial charge in [-0.15, -0.1) is 0 Å². The standard InChI is InChI=1S/C12H12ClFN4O/c1-2-9-10(15)11(18-17-9)12(19)16-6-3-4-8(14)7(13)5-6/h3-5H,2,15H2,1H3,(H,16,19)(H,17,18). The number of benzene rings is 1. The Hall–Kier alpha value is -2.08. The van der Waals surface area contributed by atoms with Crippen LogP contribution in [0, 0.1) is 5.82 Å². The number of rotatable bonds is 3. The van der Waals surface area contributed by atoms with Gasteiger partial charge in [0, 0.05) is 5.69 Å². The summed E-state index contributed by atoms with van der Waals surface area (Å²) >= 11 is 5.63. The molecule has 2 aromatic rings. The number of hydrogen-bond donors (Lipinski definition) is 3. The van der Waals surface area contributed by atoms with Crippen LogP contribution in [0.2, 0.25) is 5.02 Å². The number of nitrogens with two attached hydrogens (primary N) is 1. The van der Waals surface area contributed by atoms with E-state index in [9.17, 15) is 9.18 Å². The zero-order valence-corrected chi connectivity index (χ0v) is 10.9. The maximum absolute atomic E-state index is 13.0. The van der Waals surface area contributed by atoms with Crippen molar-refractivity contribution < 1.29 is 9.18 Å². The van der Waals surface area contributed by atoms with Gasteiger partial charge in [-0.2, -0.15) is 5.10 Å². The number of amides is 1. The van der Waals surface area contributed by atoms with E-state index in [1.165, 1.54) is 18.2 Å². The minimum Gasteiger partial charge on any atom is -0.395 e. The van der Waals surface area contributed by atoms with Crippen molar-refractivity contribution in [3.63, 3.8) is 0 Å². The Labute approximate surface area is 114 Å². The second kappa shape index (κ2) is 5.27. The van der Waals surface area contributed by atoms with Crippen LogP contribution in [0.1, 0.15) is 23.1 Å². The number of nitrogens with one attached hydrogen (secondary N) is 2. The minimum absolute atomic E-state index is 0.0675. The lowest BCUT2D eigenvalue weighted by Gasteiger charge is -2.04. The van der Waals surface area contributed by atoms with Crippen molar-refractivity contribution in [2.75, 3.05) is 11.1 Å². The number of aryl methyl sites for hydroxylation is 1. The highest BCUT2D eigenvalue weighted by molar-refractivity contribution is 6.31. The van der Waals surface area contributed by atoms with Gasteiger partial charge in [-0.05, 0) is 24.6 Å². The summed E-state index contributed by atoms with van der Waals surface area (Å²) in [5.74, 6) is -1.02. The lowest BCUT2D eigenvalue weighted by Crippen LogP contribution is -2.14. The van der Waals surface area contributed by atoms with E-state index in [1.54, 1.807) is 0 Å². The average Bonchev–Trinajstić information content (AvgIpc) is 2.75. The van der Waals surface area contributed by atoms with Gasteiger partial charge in [0.05, 0.1) is 16.4 Å². The van der Waals surface area contributed by atoms with E-state index in [1.807, 2.05) is 6.92 Å². The normalized spacial score (nSPS) is 10.5. The fourth-order valence-electron chi connectivity index (χ4n) is 1.59. The number of nitrogens with zero attached hydrogens (tertiary/aromatic N) is 1. The highest BCUT2D eigenvalue weighted by Gasteiger charge is 2.16. The highest BCUT2D eigenvalue weighted by Crippen LogP contribution is 2.21. The smallest absolute Gasteiger partial charge is 0.278 e. The molecule has 4 N–H and O–H groups in total. The first-order valence-corrected chi connectivity index (χ1v) is 5.99. The predicted molar refractivity (Wildman–Crippen MR) is 71.7 cm³/mol. The van der Waals surface area contributed by atoms with Gasteiger partial charge in [0.15, 0.2) is 5.69 Å². The number of anilines is 2. The molecule has 0 bridgehead atoms. The molecule has 0 saturated carbocycles. The molecule has 1 heterocycles. The van der Waals surface area contributed by atoms with Crippen LogP contribution in [0.4, 0.5) is 15.8 Å². The summed E-state index contributed by atoms with van der Waals surface area (Å²) in [7, 11) is 0. The Morgan fingerprint density at radius 1 is 1.58 bits per heavy atom. The molecule has 1 amide bonds. The first-order chi connectivity index (χ1) is 9.02. The molecule has 0 saturated heterocycles. The zero-order valence-electron chi connectivity index (χ0n) is 10.1. The number of aromatic nitrogens is 2. The Morgan fingerprint density at radius 2 is 2.32 bits per heavy atom. The first kappa shape index (κ1) is 13.4. The van der Waals surface area contributed by atoms with Gasteiger partial charge >= 0.3 is 0 Å². The maximum atomic E-state index is 13.0.